The minimum atomic E-state index is 0.470. The van der Waals surface area contributed by atoms with Crippen LogP contribution in [0, 0.1) is 6.92 Å². The molecule has 0 aromatic carbocycles. The Labute approximate surface area is 85.0 Å². The van der Waals surface area contributed by atoms with Crippen LogP contribution in [0.4, 0.5) is 5.95 Å². The van der Waals surface area contributed by atoms with E-state index in [4.69, 9.17) is 0 Å². The number of nitrogens with one attached hydrogen (secondary N) is 1. The molecule has 1 aromatic heterocycles. The maximum Gasteiger partial charge on any atom is 0.223 e. The molecular weight excluding hydrogens is 174 g/mol. The SMILES string of the molecule is Cc1cnc(NC2CC2)nc1C(C)C. The number of rotatable bonds is 3. The lowest BCUT2D eigenvalue weighted by molar-refractivity contribution is 0.801. The quantitative estimate of drug-likeness (QED) is 0.797. The predicted molar refractivity (Wildman–Crippen MR) is 57.5 cm³/mol. The molecule has 1 aliphatic carbocycles. The van der Waals surface area contributed by atoms with Crippen molar-refractivity contribution in [1.82, 2.24) is 9.97 Å². The van der Waals surface area contributed by atoms with E-state index in [1.54, 1.807) is 0 Å². The normalized spacial score (nSPS) is 16.0. The van der Waals surface area contributed by atoms with Crippen LogP contribution in [0.15, 0.2) is 6.20 Å². The van der Waals surface area contributed by atoms with Crippen LogP contribution >= 0.6 is 0 Å². The Morgan fingerprint density at radius 3 is 2.71 bits per heavy atom. The Morgan fingerprint density at radius 2 is 2.14 bits per heavy atom. The number of nitrogens with zero attached hydrogens (tertiary/aromatic N) is 2. The highest BCUT2D eigenvalue weighted by Crippen LogP contribution is 2.24. The van der Waals surface area contributed by atoms with Crippen molar-refractivity contribution in [2.45, 2.75) is 45.6 Å². The van der Waals surface area contributed by atoms with Gasteiger partial charge in [0.2, 0.25) is 5.95 Å². The van der Waals surface area contributed by atoms with Gasteiger partial charge in [0.05, 0.1) is 5.69 Å². The third kappa shape index (κ3) is 2.03. The van der Waals surface area contributed by atoms with E-state index in [0.29, 0.717) is 12.0 Å². The van der Waals surface area contributed by atoms with Crippen molar-refractivity contribution in [3.63, 3.8) is 0 Å². The molecule has 0 aliphatic heterocycles. The third-order valence-corrected chi connectivity index (χ3v) is 2.47. The molecule has 0 radical (unpaired) electrons. The van der Waals surface area contributed by atoms with Crippen molar-refractivity contribution in [1.29, 1.82) is 0 Å². The van der Waals surface area contributed by atoms with Gasteiger partial charge in [0.1, 0.15) is 0 Å². The molecular formula is C11H17N3. The molecule has 0 unspecified atom stereocenters. The molecule has 1 aliphatic rings. The summed E-state index contributed by atoms with van der Waals surface area (Å²) in [6, 6.07) is 0.623. The van der Waals surface area contributed by atoms with Crippen molar-refractivity contribution >= 4 is 5.95 Å². The van der Waals surface area contributed by atoms with Gasteiger partial charge >= 0.3 is 0 Å². The first-order valence-electron chi connectivity index (χ1n) is 5.27. The van der Waals surface area contributed by atoms with E-state index < -0.39 is 0 Å². The highest BCUT2D eigenvalue weighted by atomic mass is 15.1. The molecule has 0 bridgehead atoms. The molecule has 2 rings (SSSR count). The zero-order valence-electron chi connectivity index (χ0n) is 9.04. The summed E-state index contributed by atoms with van der Waals surface area (Å²) in [4.78, 5) is 8.81. The molecule has 1 heterocycles. The van der Waals surface area contributed by atoms with Crippen LogP contribution in [-0.4, -0.2) is 16.0 Å². The van der Waals surface area contributed by atoms with Crippen LogP contribution in [0.5, 0.6) is 0 Å². The summed E-state index contributed by atoms with van der Waals surface area (Å²) in [6.45, 7) is 6.39. The van der Waals surface area contributed by atoms with Gasteiger partial charge in [0, 0.05) is 12.2 Å². The zero-order chi connectivity index (χ0) is 10.1. The lowest BCUT2D eigenvalue weighted by atomic mass is 10.1. The summed E-state index contributed by atoms with van der Waals surface area (Å²) in [6.07, 6.45) is 4.43. The lowest BCUT2D eigenvalue weighted by Gasteiger charge is -2.10. The number of hydrogen-bond acceptors (Lipinski definition) is 3. The predicted octanol–water partition coefficient (Wildman–Crippen LogP) is 2.48. The minimum absolute atomic E-state index is 0.470. The smallest absolute Gasteiger partial charge is 0.223 e. The Kier molecular flexibility index (Phi) is 2.40. The van der Waals surface area contributed by atoms with Crippen molar-refractivity contribution in [2.24, 2.45) is 0 Å². The topological polar surface area (TPSA) is 37.8 Å². The summed E-state index contributed by atoms with van der Waals surface area (Å²) in [5.74, 6) is 1.26. The first kappa shape index (κ1) is 9.44. The number of aromatic nitrogens is 2. The molecule has 1 saturated carbocycles. The van der Waals surface area contributed by atoms with E-state index in [2.05, 4.69) is 36.1 Å². The molecule has 0 spiro atoms. The molecule has 0 saturated heterocycles. The lowest BCUT2D eigenvalue weighted by Crippen LogP contribution is -2.08. The van der Waals surface area contributed by atoms with Gasteiger partial charge in [-0.2, -0.15) is 0 Å². The molecule has 3 heteroatoms. The monoisotopic (exact) mass is 191 g/mol. The van der Waals surface area contributed by atoms with Crippen LogP contribution in [0.1, 0.15) is 43.9 Å². The first-order chi connectivity index (χ1) is 6.66. The van der Waals surface area contributed by atoms with Gasteiger partial charge in [-0.25, -0.2) is 9.97 Å². The van der Waals surface area contributed by atoms with Crippen LogP contribution in [0.2, 0.25) is 0 Å². The highest BCUT2D eigenvalue weighted by molar-refractivity contribution is 5.32. The van der Waals surface area contributed by atoms with Crippen molar-refractivity contribution in [2.75, 3.05) is 5.32 Å². The number of hydrogen-bond donors (Lipinski definition) is 1. The molecule has 1 aromatic rings. The van der Waals surface area contributed by atoms with Gasteiger partial charge in [-0.3, -0.25) is 0 Å². The van der Waals surface area contributed by atoms with E-state index in [9.17, 15) is 0 Å². The summed E-state index contributed by atoms with van der Waals surface area (Å²) >= 11 is 0. The molecule has 0 amide bonds. The van der Waals surface area contributed by atoms with Gasteiger partial charge in [0.25, 0.3) is 0 Å². The summed E-state index contributed by atoms with van der Waals surface area (Å²) in [5.41, 5.74) is 2.34. The molecule has 1 N–H and O–H groups in total. The molecule has 1 fully saturated rings. The fourth-order valence-corrected chi connectivity index (χ4v) is 1.52. The van der Waals surface area contributed by atoms with Crippen LogP contribution in [0.25, 0.3) is 0 Å². The van der Waals surface area contributed by atoms with Crippen LogP contribution < -0.4 is 5.32 Å². The van der Waals surface area contributed by atoms with Crippen LogP contribution in [-0.2, 0) is 0 Å². The standard InChI is InChI=1S/C11H17N3/c1-7(2)10-8(3)6-12-11(14-10)13-9-4-5-9/h6-7,9H,4-5H2,1-3H3,(H,12,13,14). The second-order valence-corrected chi connectivity index (χ2v) is 4.34. The second-order valence-electron chi connectivity index (χ2n) is 4.34. The van der Waals surface area contributed by atoms with Gasteiger partial charge < -0.3 is 5.32 Å². The Hall–Kier alpha value is -1.12. The summed E-state index contributed by atoms with van der Waals surface area (Å²) in [5, 5.41) is 3.32. The first-order valence-corrected chi connectivity index (χ1v) is 5.27. The maximum absolute atomic E-state index is 4.53. The average Bonchev–Trinajstić information content (AvgIpc) is 2.92. The average molecular weight is 191 g/mol. The summed E-state index contributed by atoms with van der Waals surface area (Å²) in [7, 11) is 0. The highest BCUT2D eigenvalue weighted by Gasteiger charge is 2.22. The zero-order valence-corrected chi connectivity index (χ0v) is 9.04. The maximum atomic E-state index is 4.53. The fraction of sp³-hybridized carbons (Fsp3) is 0.636. The minimum Gasteiger partial charge on any atom is -0.351 e. The van der Waals surface area contributed by atoms with E-state index >= 15 is 0 Å². The Morgan fingerprint density at radius 1 is 1.43 bits per heavy atom. The van der Waals surface area contributed by atoms with Crippen molar-refractivity contribution in [3.05, 3.63) is 17.5 Å². The van der Waals surface area contributed by atoms with E-state index in [1.807, 2.05) is 6.20 Å². The third-order valence-electron chi connectivity index (χ3n) is 2.47. The van der Waals surface area contributed by atoms with Crippen molar-refractivity contribution < 1.29 is 0 Å². The van der Waals surface area contributed by atoms with Gasteiger partial charge in [-0.1, -0.05) is 13.8 Å². The van der Waals surface area contributed by atoms with Gasteiger partial charge in [0.15, 0.2) is 0 Å². The van der Waals surface area contributed by atoms with E-state index in [0.717, 1.165) is 11.6 Å². The molecule has 14 heavy (non-hydrogen) atoms. The Balaban J connectivity index is 2.20. The van der Waals surface area contributed by atoms with Gasteiger partial charge in [-0.05, 0) is 31.2 Å². The molecule has 0 atom stereocenters. The molecule has 3 nitrogen and oxygen atoms in total. The number of anilines is 1. The Bertz CT molecular complexity index is 329. The van der Waals surface area contributed by atoms with Crippen LogP contribution in [0.3, 0.4) is 0 Å². The number of aryl methyl sites for hydroxylation is 1. The van der Waals surface area contributed by atoms with Gasteiger partial charge in [-0.15, -0.1) is 0 Å². The fourth-order valence-electron chi connectivity index (χ4n) is 1.52. The summed E-state index contributed by atoms with van der Waals surface area (Å²) < 4.78 is 0. The van der Waals surface area contributed by atoms with E-state index in [-0.39, 0.29) is 0 Å². The second kappa shape index (κ2) is 3.56. The molecule has 76 valence electrons. The van der Waals surface area contributed by atoms with Crippen molar-refractivity contribution in [3.8, 4) is 0 Å². The largest absolute Gasteiger partial charge is 0.351 e. The van der Waals surface area contributed by atoms with E-state index in [1.165, 1.54) is 18.4 Å².